The van der Waals surface area contributed by atoms with Crippen molar-refractivity contribution < 1.29 is 4.79 Å². The number of anilines is 1. The summed E-state index contributed by atoms with van der Waals surface area (Å²) >= 11 is 0. The highest BCUT2D eigenvalue weighted by Crippen LogP contribution is 2.20. The summed E-state index contributed by atoms with van der Waals surface area (Å²) in [7, 11) is 0. The van der Waals surface area contributed by atoms with Crippen LogP contribution < -0.4 is 16.2 Å². The van der Waals surface area contributed by atoms with Crippen molar-refractivity contribution in [2.75, 3.05) is 4.90 Å². The van der Waals surface area contributed by atoms with Gasteiger partial charge in [0, 0.05) is 23.3 Å². The van der Waals surface area contributed by atoms with E-state index in [0.717, 1.165) is 5.69 Å². The van der Waals surface area contributed by atoms with Gasteiger partial charge in [0.2, 0.25) is 0 Å². The number of carbonyl (C=O) groups excluding carboxylic acids is 1. The van der Waals surface area contributed by atoms with E-state index in [1.54, 1.807) is 12.1 Å². The number of amides is 1. The molecule has 0 saturated heterocycles. The van der Waals surface area contributed by atoms with Crippen LogP contribution in [-0.2, 0) is 0 Å². The SMILES string of the molecule is CC(C)N(c1ccc(C(=O)NN)cc1)C(C)C. The van der Waals surface area contributed by atoms with E-state index in [4.69, 9.17) is 5.84 Å². The third kappa shape index (κ3) is 3.20. The summed E-state index contributed by atoms with van der Waals surface area (Å²) in [6.45, 7) is 8.61. The van der Waals surface area contributed by atoms with Gasteiger partial charge in [-0.2, -0.15) is 0 Å². The maximum Gasteiger partial charge on any atom is 0.265 e. The highest BCUT2D eigenvalue weighted by Gasteiger charge is 2.14. The van der Waals surface area contributed by atoms with Crippen molar-refractivity contribution >= 4 is 11.6 Å². The Morgan fingerprint density at radius 3 is 1.94 bits per heavy atom. The van der Waals surface area contributed by atoms with Crippen molar-refractivity contribution in [1.29, 1.82) is 0 Å². The minimum Gasteiger partial charge on any atom is -0.367 e. The van der Waals surface area contributed by atoms with E-state index in [0.29, 0.717) is 17.6 Å². The largest absolute Gasteiger partial charge is 0.367 e. The highest BCUT2D eigenvalue weighted by atomic mass is 16.2. The summed E-state index contributed by atoms with van der Waals surface area (Å²) in [5.74, 6) is 4.82. The lowest BCUT2D eigenvalue weighted by atomic mass is 10.1. The Kier molecular flexibility index (Phi) is 4.52. The zero-order chi connectivity index (χ0) is 13.0. The number of hydrogen-bond donors (Lipinski definition) is 2. The van der Waals surface area contributed by atoms with Gasteiger partial charge in [-0.3, -0.25) is 10.2 Å². The van der Waals surface area contributed by atoms with Gasteiger partial charge >= 0.3 is 0 Å². The van der Waals surface area contributed by atoms with Gasteiger partial charge in [0.25, 0.3) is 5.91 Å². The number of nitrogens with one attached hydrogen (secondary N) is 1. The standard InChI is InChI=1S/C13H21N3O/c1-9(2)16(10(3)4)12-7-5-11(6-8-12)13(17)15-14/h5-10H,14H2,1-4H3,(H,15,17). The van der Waals surface area contributed by atoms with Crippen molar-refractivity contribution in [3.05, 3.63) is 29.8 Å². The van der Waals surface area contributed by atoms with Crippen molar-refractivity contribution in [3.8, 4) is 0 Å². The molecule has 3 N–H and O–H groups in total. The lowest BCUT2D eigenvalue weighted by Gasteiger charge is -2.33. The number of nitrogen functional groups attached to an aromatic ring is 1. The van der Waals surface area contributed by atoms with E-state index in [9.17, 15) is 4.79 Å². The summed E-state index contributed by atoms with van der Waals surface area (Å²) in [6, 6.07) is 8.31. The molecule has 1 aromatic rings. The number of hydrogen-bond acceptors (Lipinski definition) is 3. The fraction of sp³-hybridized carbons (Fsp3) is 0.462. The molecule has 0 heterocycles. The van der Waals surface area contributed by atoms with E-state index in [1.807, 2.05) is 12.1 Å². The second-order valence-corrected chi connectivity index (χ2v) is 4.62. The maximum absolute atomic E-state index is 11.3. The van der Waals surface area contributed by atoms with E-state index in [2.05, 4.69) is 38.0 Å². The van der Waals surface area contributed by atoms with Gasteiger partial charge in [-0.05, 0) is 52.0 Å². The molecule has 0 atom stereocenters. The topological polar surface area (TPSA) is 58.4 Å². The molecular weight excluding hydrogens is 214 g/mol. The molecule has 0 unspecified atom stereocenters. The quantitative estimate of drug-likeness (QED) is 0.476. The third-order valence-corrected chi connectivity index (χ3v) is 2.67. The second-order valence-electron chi connectivity index (χ2n) is 4.62. The molecule has 1 amide bonds. The van der Waals surface area contributed by atoms with Crippen LogP contribution in [0.15, 0.2) is 24.3 Å². The van der Waals surface area contributed by atoms with Crippen LogP contribution in [0.2, 0.25) is 0 Å². The minimum atomic E-state index is -0.266. The summed E-state index contributed by atoms with van der Waals surface area (Å²) in [6.07, 6.45) is 0. The Balaban J connectivity index is 2.96. The molecule has 1 aromatic carbocycles. The predicted octanol–water partition coefficient (Wildman–Crippen LogP) is 1.91. The number of carbonyl (C=O) groups is 1. The Morgan fingerprint density at radius 2 is 1.59 bits per heavy atom. The Labute approximate surface area is 103 Å². The summed E-state index contributed by atoms with van der Waals surface area (Å²) < 4.78 is 0. The number of rotatable bonds is 4. The molecule has 0 aliphatic carbocycles. The van der Waals surface area contributed by atoms with E-state index in [-0.39, 0.29) is 5.91 Å². The molecule has 4 nitrogen and oxygen atoms in total. The molecule has 0 aliphatic rings. The van der Waals surface area contributed by atoms with E-state index in [1.165, 1.54) is 0 Å². The van der Waals surface area contributed by atoms with Crippen molar-refractivity contribution in [2.24, 2.45) is 5.84 Å². The van der Waals surface area contributed by atoms with Crippen LogP contribution in [0, 0.1) is 0 Å². The minimum absolute atomic E-state index is 0.266. The molecular formula is C13H21N3O. The molecule has 0 bridgehead atoms. The molecule has 0 saturated carbocycles. The first kappa shape index (κ1) is 13.5. The van der Waals surface area contributed by atoms with E-state index < -0.39 is 0 Å². The monoisotopic (exact) mass is 235 g/mol. The van der Waals surface area contributed by atoms with Gasteiger partial charge in [-0.1, -0.05) is 0 Å². The Bertz CT molecular complexity index is 363. The van der Waals surface area contributed by atoms with Crippen LogP contribution in [0.25, 0.3) is 0 Å². The second kappa shape index (κ2) is 5.68. The zero-order valence-corrected chi connectivity index (χ0v) is 10.9. The predicted molar refractivity (Wildman–Crippen MR) is 70.8 cm³/mol. The molecule has 0 fully saturated rings. The number of nitrogens with two attached hydrogens (primary N) is 1. The van der Waals surface area contributed by atoms with Crippen LogP contribution in [0.1, 0.15) is 38.1 Å². The lowest BCUT2D eigenvalue weighted by Crippen LogP contribution is -2.37. The lowest BCUT2D eigenvalue weighted by molar-refractivity contribution is 0.0953. The summed E-state index contributed by atoms with van der Waals surface area (Å²) in [5, 5.41) is 0. The van der Waals surface area contributed by atoms with Crippen molar-refractivity contribution in [2.45, 2.75) is 39.8 Å². The third-order valence-electron chi connectivity index (χ3n) is 2.67. The first-order chi connectivity index (χ1) is 7.97. The smallest absolute Gasteiger partial charge is 0.265 e. The number of nitrogens with zero attached hydrogens (tertiary/aromatic N) is 1. The van der Waals surface area contributed by atoms with Crippen LogP contribution in [0.5, 0.6) is 0 Å². The summed E-state index contributed by atoms with van der Waals surface area (Å²) in [4.78, 5) is 13.6. The van der Waals surface area contributed by atoms with Gasteiger partial charge in [0.1, 0.15) is 0 Å². The van der Waals surface area contributed by atoms with Gasteiger partial charge < -0.3 is 4.90 Å². The number of hydrazine groups is 1. The molecule has 0 spiro atoms. The molecule has 0 aromatic heterocycles. The van der Waals surface area contributed by atoms with Crippen LogP contribution >= 0.6 is 0 Å². The molecule has 94 valence electrons. The van der Waals surface area contributed by atoms with Crippen LogP contribution in [0.3, 0.4) is 0 Å². The Hall–Kier alpha value is -1.55. The van der Waals surface area contributed by atoms with Crippen molar-refractivity contribution in [1.82, 2.24) is 5.43 Å². The molecule has 4 heteroatoms. The normalized spacial score (nSPS) is 10.8. The average Bonchev–Trinajstić information content (AvgIpc) is 2.28. The fourth-order valence-electron chi connectivity index (χ4n) is 2.06. The zero-order valence-electron chi connectivity index (χ0n) is 10.9. The Morgan fingerprint density at radius 1 is 1.12 bits per heavy atom. The molecule has 17 heavy (non-hydrogen) atoms. The van der Waals surface area contributed by atoms with Crippen LogP contribution in [-0.4, -0.2) is 18.0 Å². The van der Waals surface area contributed by atoms with Gasteiger partial charge in [0.05, 0.1) is 0 Å². The molecule has 0 radical (unpaired) electrons. The van der Waals surface area contributed by atoms with Gasteiger partial charge in [-0.25, -0.2) is 5.84 Å². The summed E-state index contributed by atoms with van der Waals surface area (Å²) in [5.41, 5.74) is 3.81. The average molecular weight is 235 g/mol. The molecule has 0 aliphatic heterocycles. The van der Waals surface area contributed by atoms with Crippen molar-refractivity contribution in [3.63, 3.8) is 0 Å². The van der Waals surface area contributed by atoms with E-state index >= 15 is 0 Å². The molecule has 1 rings (SSSR count). The first-order valence-corrected chi connectivity index (χ1v) is 5.86. The highest BCUT2D eigenvalue weighted by molar-refractivity contribution is 5.94. The van der Waals surface area contributed by atoms with Crippen LogP contribution in [0.4, 0.5) is 5.69 Å². The number of benzene rings is 1. The van der Waals surface area contributed by atoms with Gasteiger partial charge in [0.15, 0.2) is 0 Å². The van der Waals surface area contributed by atoms with Gasteiger partial charge in [-0.15, -0.1) is 0 Å². The fourth-order valence-corrected chi connectivity index (χ4v) is 2.06. The maximum atomic E-state index is 11.3. The first-order valence-electron chi connectivity index (χ1n) is 5.86.